The van der Waals surface area contributed by atoms with Crippen molar-refractivity contribution in [3.63, 3.8) is 0 Å². The number of rotatable bonds is 12. The van der Waals surface area contributed by atoms with E-state index in [0.29, 0.717) is 6.42 Å². The molecule has 0 bridgehead atoms. The number of carboxylic acid groups (broad SMARTS) is 1. The third-order valence-electron chi connectivity index (χ3n) is 3.00. The molecule has 2 nitrogen and oxygen atoms in total. The van der Waals surface area contributed by atoms with Gasteiger partial charge in [-0.1, -0.05) is 54.7 Å². The van der Waals surface area contributed by atoms with Gasteiger partial charge in [0.05, 0.1) is 0 Å². The third kappa shape index (κ3) is 17.8. The quantitative estimate of drug-likeness (QED) is 0.220. The van der Waals surface area contributed by atoms with Gasteiger partial charge in [0.2, 0.25) is 0 Å². The Morgan fingerprint density at radius 3 is 1.79 bits per heavy atom. The molecule has 0 aromatic rings. The number of hydrogen-bond acceptors (Lipinski definition) is 1. The Bertz CT molecular complexity index is 266. The number of aliphatic carboxylic acids is 1. The van der Waals surface area contributed by atoms with Crippen molar-refractivity contribution < 1.29 is 9.90 Å². The lowest BCUT2D eigenvalue weighted by atomic mass is 10.1. The van der Waals surface area contributed by atoms with Crippen molar-refractivity contribution in [2.24, 2.45) is 0 Å². The smallest absolute Gasteiger partial charge is 0.303 e. The summed E-state index contributed by atoms with van der Waals surface area (Å²) in [6, 6.07) is 0. The minimum absolute atomic E-state index is 0.317. The molecule has 0 aromatic heterocycles. The molecule has 0 rings (SSSR count). The zero-order valence-electron chi connectivity index (χ0n) is 11.9. The van der Waals surface area contributed by atoms with E-state index in [1.54, 1.807) is 0 Å². The zero-order chi connectivity index (χ0) is 14.2. The van der Waals surface area contributed by atoms with E-state index >= 15 is 0 Å². The Morgan fingerprint density at radius 1 is 0.789 bits per heavy atom. The van der Waals surface area contributed by atoms with Gasteiger partial charge in [0.25, 0.3) is 0 Å². The average Bonchev–Trinajstić information content (AvgIpc) is 2.39. The molecule has 0 spiro atoms. The second-order valence-corrected chi connectivity index (χ2v) is 5.95. The van der Waals surface area contributed by atoms with Gasteiger partial charge in [-0.25, -0.2) is 0 Å². The van der Waals surface area contributed by atoms with Crippen LogP contribution in [0.5, 0.6) is 0 Å². The minimum Gasteiger partial charge on any atom is -0.481 e. The van der Waals surface area contributed by atoms with Crippen molar-refractivity contribution >= 4 is 28.6 Å². The predicted molar refractivity (Wildman–Crippen MR) is 89.7 cm³/mol. The summed E-state index contributed by atoms with van der Waals surface area (Å²) in [5.74, 6) is 5.81. The normalized spacial score (nSPS) is 9.95. The van der Waals surface area contributed by atoms with E-state index in [9.17, 15) is 4.79 Å². The Kier molecular flexibility index (Phi) is 15.6. The lowest BCUT2D eigenvalue weighted by molar-refractivity contribution is -0.137. The molecule has 1 N–H and O–H groups in total. The third-order valence-corrected chi connectivity index (χ3v) is 3.77. The number of alkyl halides is 1. The number of carbonyl (C=O) groups is 1. The van der Waals surface area contributed by atoms with Crippen molar-refractivity contribution in [2.75, 3.05) is 4.43 Å². The Morgan fingerprint density at radius 2 is 1.26 bits per heavy atom. The summed E-state index contributed by atoms with van der Waals surface area (Å²) in [5, 5.41) is 8.49. The van der Waals surface area contributed by atoms with Crippen LogP contribution in [0.25, 0.3) is 0 Å². The van der Waals surface area contributed by atoms with Crippen molar-refractivity contribution in [3.05, 3.63) is 0 Å². The largest absolute Gasteiger partial charge is 0.481 e. The first-order valence-electron chi connectivity index (χ1n) is 7.51. The summed E-state index contributed by atoms with van der Waals surface area (Å²) in [6.45, 7) is 0. The van der Waals surface area contributed by atoms with Crippen LogP contribution in [-0.2, 0) is 4.79 Å². The fraction of sp³-hybridized carbons (Fsp3) is 0.812. The highest BCUT2D eigenvalue weighted by molar-refractivity contribution is 14.1. The second kappa shape index (κ2) is 15.8. The standard InChI is InChI=1S/C16H27IO2/c17-15-13-11-9-7-5-3-1-2-4-6-8-10-12-14-16(18)19/h2,4-15H2,(H,18,19). The highest BCUT2D eigenvalue weighted by Crippen LogP contribution is 2.07. The van der Waals surface area contributed by atoms with E-state index in [1.165, 1.54) is 36.5 Å². The molecule has 110 valence electrons. The Labute approximate surface area is 131 Å². The SMILES string of the molecule is O=C(O)CCCCCCCC#CCCCCCCI. The van der Waals surface area contributed by atoms with Gasteiger partial charge in [-0.2, -0.15) is 0 Å². The molecule has 0 aliphatic carbocycles. The highest BCUT2D eigenvalue weighted by Gasteiger charge is 1.95. The molecule has 3 heteroatoms. The van der Waals surface area contributed by atoms with Gasteiger partial charge >= 0.3 is 5.97 Å². The molecule has 0 saturated carbocycles. The summed E-state index contributed by atoms with van der Waals surface area (Å²) in [7, 11) is 0. The van der Waals surface area contributed by atoms with Gasteiger partial charge in [0.1, 0.15) is 0 Å². The van der Waals surface area contributed by atoms with Gasteiger partial charge in [0.15, 0.2) is 0 Å². The molecular weight excluding hydrogens is 351 g/mol. The first-order chi connectivity index (χ1) is 9.27. The number of unbranched alkanes of at least 4 members (excludes halogenated alkanes) is 9. The fourth-order valence-electron chi connectivity index (χ4n) is 1.86. The molecule has 0 saturated heterocycles. The van der Waals surface area contributed by atoms with Crippen LogP contribution in [0.1, 0.15) is 77.0 Å². The van der Waals surface area contributed by atoms with Crippen molar-refractivity contribution in [2.45, 2.75) is 77.0 Å². The van der Waals surface area contributed by atoms with Crippen LogP contribution < -0.4 is 0 Å². The molecule has 0 aliphatic heterocycles. The number of carboxylic acids is 1. The van der Waals surface area contributed by atoms with Crippen molar-refractivity contribution in [1.82, 2.24) is 0 Å². The van der Waals surface area contributed by atoms with Gasteiger partial charge in [0, 0.05) is 19.3 Å². The van der Waals surface area contributed by atoms with Crippen LogP contribution in [0, 0.1) is 11.8 Å². The number of halogens is 1. The molecule has 0 aliphatic rings. The van der Waals surface area contributed by atoms with Crippen LogP contribution in [0.15, 0.2) is 0 Å². The summed E-state index contributed by atoms with van der Waals surface area (Å²) >= 11 is 2.43. The van der Waals surface area contributed by atoms with Crippen LogP contribution in [0.3, 0.4) is 0 Å². The topological polar surface area (TPSA) is 37.3 Å². The summed E-state index contributed by atoms with van der Waals surface area (Å²) < 4.78 is 1.27. The zero-order valence-corrected chi connectivity index (χ0v) is 14.1. The van der Waals surface area contributed by atoms with Crippen molar-refractivity contribution in [3.8, 4) is 11.8 Å². The summed E-state index contributed by atoms with van der Waals surface area (Å²) in [5.41, 5.74) is 0. The first-order valence-corrected chi connectivity index (χ1v) is 9.03. The number of hydrogen-bond donors (Lipinski definition) is 1. The molecule has 19 heavy (non-hydrogen) atoms. The molecule has 0 aromatic carbocycles. The average molecular weight is 378 g/mol. The minimum atomic E-state index is -0.677. The maximum Gasteiger partial charge on any atom is 0.303 e. The second-order valence-electron chi connectivity index (χ2n) is 4.87. The van der Waals surface area contributed by atoms with E-state index in [2.05, 4.69) is 34.4 Å². The first kappa shape index (κ1) is 18.8. The van der Waals surface area contributed by atoms with Crippen LogP contribution in [0.4, 0.5) is 0 Å². The molecule has 0 atom stereocenters. The molecule has 0 heterocycles. The molecular formula is C16H27IO2. The Hall–Kier alpha value is -0.240. The highest BCUT2D eigenvalue weighted by atomic mass is 127. The van der Waals surface area contributed by atoms with Crippen molar-refractivity contribution in [1.29, 1.82) is 0 Å². The maximum absolute atomic E-state index is 10.3. The molecule has 0 radical (unpaired) electrons. The van der Waals surface area contributed by atoms with E-state index in [1.807, 2.05) is 0 Å². The summed E-state index contributed by atoms with van der Waals surface area (Å²) in [4.78, 5) is 10.3. The van der Waals surface area contributed by atoms with Gasteiger partial charge in [-0.3, -0.25) is 4.79 Å². The lowest BCUT2D eigenvalue weighted by Gasteiger charge is -1.97. The van der Waals surface area contributed by atoms with Crippen LogP contribution in [-0.4, -0.2) is 15.5 Å². The van der Waals surface area contributed by atoms with Gasteiger partial charge in [-0.05, 0) is 30.1 Å². The molecule has 0 unspecified atom stereocenters. The summed E-state index contributed by atoms with van der Waals surface area (Å²) in [6.07, 6.45) is 13.0. The van der Waals surface area contributed by atoms with Gasteiger partial charge < -0.3 is 5.11 Å². The van der Waals surface area contributed by atoms with E-state index in [0.717, 1.165) is 38.5 Å². The predicted octanol–water partition coefficient (Wildman–Crippen LogP) is 5.19. The van der Waals surface area contributed by atoms with E-state index < -0.39 is 5.97 Å². The monoisotopic (exact) mass is 378 g/mol. The van der Waals surface area contributed by atoms with Crippen LogP contribution in [0.2, 0.25) is 0 Å². The molecule has 0 fully saturated rings. The fourth-order valence-corrected chi connectivity index (χ4v) is 2.40. The van der Waals surface area contributed by atoms with E-state index in [4.69, 9.17) is 5.11 Å². The van der Waals surface area contributed by atoms with Crippen LogP contribution >= 0.6 is 22.6 Å². The Balaban J connectivity index is 3.11. The van der Waals surface area contributed by atoms with E-state index in [-0.39, 0.29) is 0 Å². The molecule has 0 amide bonds. The van der Waals surface area contributed by atoms with Gasteiger partial charge in [-0.15, -0.1) is 11.8 Å². The maximum atomic E-state index is 10.3. The lowest BCUT2D eigenvalue weighted by Crippen LogP contribution is -1.93.